The summed E-state index contributed by atoms with van der Waals surface area (Å²) < 4.78 is 0. The largest absolute Gasteiger partial charge is 0.399 e. The predicted octanol–water partition coefficient (Wildman–Crippen LogP) is 5.21. The number of nitrogens with two attached hydrogens (primary N) is 1. The van der Waals surface area contributed by atoms with E-state index < -0.39 is 0 Å². The van der Waals surface area contributed by atoms with E-state index in [4.69, 9.17) is 17.3 Å². The summed E-state index contributed by atoms with van der Waals surface area (Å²) in [4.78, 5) is 12.7. The third kappa shape index (κ3) is 3.42. The van der Waals surface area contributed by atoms with Gasteiger partial charge in [0.25, 0.3) is 0 Å². The smallest absolute Gasteiger partial charge is 0.194 e. The SMILES string of the molecule is Cc1ccccc1C(=O)c1ccc(Nc2ccc(N)cc2)cc1Cl. The van der Waals surface area contributed by atoms with Crippen LogP contribution < -0.4 is 11.1 Å². The van der Waals surface area contributed by atoms with E-state index in [-0.39, 0.29) is 5.78 Å². The highest BCUT2D eigenvalue weighted by molar-refractivity contribution is 6.35. The molecule has 3 N–H and O–H groups in total. The van der Waals surface area contributed by atoms with Gasteiger partial charge in [-0.3, -0.25) is 4.79 Å². The minimum Gasteiger partial charge on any atom is -0.399 e. The summed E-state index contributed by atoms with van der Waals surface area (Å²) >= 11 is 6.34. The highest BCUT2D eigenvalue weighted by Gasteiger charge is 2.15. The van der Waals surface area contributed by atoms with E-state index in [1.54, 1.807) is 12.1 Å². The maximum absolute atomic E-state index is 12.7. The molecule has 0 unspecified atom stereocenters. The molecule has 0 aromatic heterocycles. The fourth-order valence-electron chi connectivity index (χ4n) is 2.48. The van der Waals surface area contributed by atoms with Crippen molar-refractivity contribution in [3.8, 4) is 0 Å². The minimum absolute atomic E-state index is 0.0721. The van der Waals surface area contributed by atoms with E-state index >= 15 is 0 Å². The van der Waals surface area contributed by atoms with Crippen molar-refractivity contribution < 1.29 is 4.79 Å². The molecule has 0 aliphatic rings. The number of ketones is 1. The fourth-order valence-corrected chi connectivity index (χ4v) is 2.75. The van der Waals surface area contributed by atoms with Gasteiger partial charge in [0.1, 0.15) is 0 Å². The first-order chi connectivity index (χ1) is 11.5. The van der Waals surface area contributed by atoms with Crippen LogP contribution in [0.5, 0.6) is 0 Å². The van der Waals surface area contributed by atoms with Gasteiger partial charge in [0.15, 0.2) is 5.78 Å². The Hall–Kier alpha value is -2.78. The number of halogens is 1. The second-order valence-electron chi connectivity index (χ2n) is 5.59. The van der Waals surface area contributed by atoms with Crippen LogP contribution in [-0.4, -0.2) is 5.78 Å². The number of carbonyl (C=O) groups excluding carboxylic acids is 1. The Morgan fingerprint density at radius 2 is 1.58 bits per heavy atom. The van der Waals surface area contributed by atoms with Gasteiger partial charge in [-0.2, -0.15) is 0 Å². The molecule has 0 saturated carbocycles. The summed E-state index contributed by atoms with van der Waals surface area (Å²) in [5, 5.41) is 3.66. The molecule has 0 radical (unpaired) electrons. The summed E-state index contributed by atoms with van der Waals surface area (Å²) in [5.41, 5.74) is 10.2. The van der Waals surface area contributed by atoms with E-state index in [2.05, 4.69) is 5.32 Å². The number of benzene rings is 3. The Labute approximate surface area is 146 Å². The zero-order chi connectivity index (χ0) is 17.1. The maximum atomic E-state index is 12.7. The molecule has 0 atom stereocenters. The highest BCUT2D eigenvalue weighted by Crippen LogP contribution is 2.26. The lowest BCUT2D eigenvalue weighted by molar-refractivity contribution is 0.103. The molecule has 3 aromatic rings. The van der Waals surface area contributed by atoms with Crippen LogP contribution in [0.4, 0.5) is 17.1 Å². The van der Waals surface area contributed by atoms with E-state index in [9.17, 15) is 4.79 Å². The number of aryl methyl sites for hydroxylation is 1. The van der Waals surface area contributed by atoms with Gasteiger partial charge in [0.2, 0.25) is 0 Å². The molecular weight excluding hydrogens is 320 g/mol. The first-order valence-corrected chi connectivity index (χ1v) is 7.95. The van der Waals surface area contributed by atoms with Crippen LogP contribution >= 0.6 is 11.6 Å². The molecule has 0 fully saturated rings. The topological polar surface area (TPSA) is 55.1 Å². The highest BCUT2D eigenvalue weighted by atomic mass is 35.5. The summed E-state index contributed by atoms with van der Waals surface area (Å²) in [5.74, 6) is -0.0721. The average Bonchev–Trinajstić information content (AvgIpc) is 2.57. The average molecular weight is 337 g/mol. The lowest BCUT2D eigenvalue weighted by atomic mass is 9.99. The molecule has 0 aliphatic heterocycles. The molecule has 0 amide bonds. The predicted molar refractivity (Wildman–Crippen MR) is 100 cm³/mol. The summed E-state index contributed by atoms with van der Waals surface area (Å²) in [6, 6.07) is 20.2. The monoisotopic (exact) mass is 336 g/mol. The standard InChI is InChI=1S/C20H17ClN2O/c1-13-4-2-3-5-17(13)20(24)18-11-10-16(12-19(18)21)23-15-8-6-14(22)7-9-15/h2-12,23H,22H2,1H3. The van der Waals surface area contributed by atoms with Gasteiger partial charge in [-0.05, 0) is 55.0 Å². The third-order valence-electron chi connectivity index (χ3n) is 3.80. The van der Waals surface area contributed by atoms with E-state index in [1.807, 2.05) is 61.5 Å². The molecule has 120 valence electrons. The van der Waals surface area contributed by atoms with E-state index in [1.165, 1.54) is 0 Å². The summed E-state index contributed by atoms with van der Waals surface area (Å²) in [6.07, 6.45) is 0. The van der Waals surface area contributed by atoms with Crippen molar-refractivity contribution in [2.75, 3.05) is 11.1 Å². The lowest BCUT2D eigenvalue weighted by Gasteiger charge is -2.10. The lowest BCUT2D eigenvalue weighted by Crippen LogP contribution is -2.04. The molecule has 0 saturated heterocycles. The number of carbonyl (C=O) groups is 1. The fraction of sp³-hybridized carbons (Fsp3) is 0.0500. The van der Waals surface area contributed by atoms with Crippen molar-refractivity contribution in [1.82, 2.24) is 0 Å². The van der Waals surface area contributed by atoms with Crippen LogP contribution in [-0.2, 0) is 0 Å². The molecule has 0 heterocycles. The summed E-state index contributed by atoms with van der Waals surface area (Å²) in [6.45, 7) is 1.91. The molecule has 24 heavy (non-hydrogen) atoms. The maximum Gasteiger partial charge on any atom is 0.194 e. The molecule has 3 rings (SSSR count). The minimum atomic E-state index is -0.0721. The van der Waals surface area contributed by atoms with Crippen LogP contribution in [0.2, 0.25) is 5.02 Å². The molecule has 4 heteroatoms. The number of rotatable bonds is 4. The van der Waals surface area contributed by atoms with Crippen molar-refractivity contribution in [3.05, 3.63) is 88.4 Å². The Morgan fingerprint density at radius 3 is 2.25 bits per heavy atom. The Bertz CT molecular complexity index is 888. The number of nitrogen functional groups attached to an aromatic ring is 1. The molecular formula is C20H17ClN2O. The van der Waals surface area contributed by atoms with Crippen molar-refractivity contribution in [1.29, 1.82) is 0 Å². The third-order valence-corrected chi connectivity index (χ3v) is 4.12. The quantitative estimate of drug-likeness (QED) is 0.508. The molecule has 0 bridgehead atoms. The van der Waals surface area contributed by atoms with Gasteiger partial charge >= 0.3 is 0 Å². The zero-order valence-electron chi connectivity index (χ0n) is 13.2. The van der Waals surface area contributed by atoms with E-state index in [0.29, 0.717) is 21.8 Å². The molecule has 0 aliphatic carbocycles. The van der Waals surface area contributed by atoms with Crippen molar-refractivity contribution in [2.24, 2.45) is 0 Å². The second-order valence-corrected chi connectivity index (χ2v) is 5.99. The number of hydrogen-bond donors (Lipinski definition) is 2. The first-order valence-electron chi connectivity index (χ1n) is 7.57. The van der Waals surface area contributed by atoms with Crippen LogP contribution in [0, 0.1) is 6.92 Å². The van der Waals surface area contributed by atoms with Gasteiger partial charge in [-0.25, -0.2) is 0 Å². The van der Waals surface area contributed by atoms with Gasteiger partial charge in [0, 0.05) is 28.2 Å². The van der Waals surface area contributed by atoms with E-state index in [0.717, 1.165) is 16.9 Å². The van der Waals surface area contributed by atoms with Gasteiger partial charge in [-0.15, -0.1) is 0 Å². The first kappa shape index (κ1) is 16.1. The van der Waals surface area contributed by atoms with Crippen LogP contribution in [0.15, 0.2) is 66.7 Å². The van der Waals surface area contributed by atoms with Crippen LogP contribution in [0.1, 0.15) is 21.5 Å². The number of nitrogens with one attached hydrogen (secondary N) is 1. The van der Waals surface area contributed by atoms with Crippen LogP contribution in [0.25, 0.3) is 0 Å². The Balaban J connectivity index is 1.86. The van der Waals surface area contributed by atoms with Crippen molar-refractivity contribution >= 4 is 34.4 Å². The molecule has 0 spiro atoms. The number of hydrogen-bond acceptors (Lipinski definition) is 3. The zero-order valence-corrected chi connectivity index (χ0v) is 14.0. The van der Waals surface area contributed by atoms with Gasteiger partial charge in [-0.1, -0.05) is 35.9 Å². The van der Waals surface area contributed by atoms with Gasteiger partial charge < -0.3 is 11.1 Å². The van der Waals surface area contributed by atoms with Gasteiger partial charge in [0.05, 0.1) is 5.02 Å². The molecule has 3 nitrogen and oxygen atoms in total. The number of anilines is 3. The second kappa shape index (κ2) is 6.77. The Kier molecular flexibility index (Phi) is 4.54. The van der Waals surface area contributed by atoms with Crippen molar-refractivity contribution in [2.45, 2.75) is 6.92 Å². The van der Waals surface area contributed by atoms with Crippen molar-refractivity contribution in [3.63, 3.8) is 0 Å². The molecule has 3 aromatic carbocycles. The van der Waals surface area contributed by atoms with Crippen LogP contribution in [0.3, 0.4) is 0 Å². The Morgan fingerprint density at radius 1 is 0.917 bits per heavy atom. The normalized spacial score (nSPS) is 10.4. The summed E-state index contributed by atoms with van der Waals surface area (Å²) in [7, 11) is 0.